The van der Waals surface area contributed by atoms with Crippen molar-refractivity contribution in [3.63, 3.8) is 0 Å². The molecular formula is C27H26O7. The second-order valence-electron chi connectivity index (χ2n) is 7.60. The predicted molar refractivity (Wildman–Crippen MR) is 128 cm³/mol. The van der Waals surface area contributed by atoms with E-state index in [-0.39, 0.29) is 11.5 Å². The lowest BCUT2D eigenvalue weighted by molar-refractivity contribution is 0.101. The highest BCUT2D eigenvalue weighted by atomic mass is 16.5. The standard InChI is InChI=1S/C27H26O7/c1-16-21(33-15-17-7-6-8-19(11-17)29-2)10-9-20-25(28)22(34-26(16)20)12-18-13-23(30-3)27(32-5)24(14-18)31-4/h6-14H,15H2,1-5H3/b22-12-. The molecule has 0 fully saturated rings. The first kappa shape index (κ1) is 23.0. The maximum Gasteiger partial charge on any atom is 0.231 e. The van der Waals surface area contributed by atoms with Crippen LogP contribution in [0.2, 0.25) is 0 Å². The van der Waals surface area contributed by atoms with E-state index >= 15 is 0 Å². The number of hydrogen-bond acceptors (Lipinski definition) is 7. The van der Waals surface area contributed by atoms with E-state index in [4.69, 9.17) is 28.4 Å². The number of methoxy groups -OCH3 is 4. The number of hydrogen-bond donors (Lipinski definition) is 0. The van der Waals surface area contributed by atoms with Crippen LogP contribution in [0.5, 0.6) is 34.5 Å². The number of carbonyl (C=O) groups excluding carboxylic acids is 1. The lowest BCUT2D eigenvalue weighted by Gasteiger charge is -2.13. The highest BCUT2D eigenvalue weighted by Gasteiger charge is 2.30. The Bertz CT molecular complexity index is 1230. The molecule has 0 atom stereocenters. The molecule has 0 saturated carbocycles. The van der Waals surface area contributed by atoms with Crippen LogP contribution in [0.4, 0.5) is 0 Å². The van der Waals surface area contributed by atoms with Gasteiger partial charge in [0.2, 0.25) is 11.5 Å². The molecule has 0 saturated heterocycles. The summed E-state index contributed by atoms with van der Waals surface area (Å²) in [5.41, 5.74) is 2.89. The molecule has 0 radical (unpaired) electrons. The lowest BCUT2D eigenvalue weighted by atomic mass is 10.1. The van der Waals surface area contributed by atoms with Gasteiger partial charge in [0.15, 0.2) is 17.3 Å². The molecule has 176 valence electrons. The Morgan fingerprint density at radius 1 is 0.853 bits per heavy atom. The topological polar surface area (TPSA) is 72.5 Å². The Balaban J connectivity index is 1.59. The van der Waals surface area contributed by atoms with Gasteiger partial charge in [0.05, 0.1) is 34.0 Å². The molecule has 3 aromatic carbocycles. The zero-order chi connectivity index (χ0) is 24.2. The third-order valence-corrected chi connectivity index (χ3v) is 5.55. The summed E-state index contributed by atoms with van der Waals surface area (Å²) in [7, 11) is 6.24. The molecule has 0 aromatic heterocycles. The predicted octanol–water partition coefficient (Wildman–Crippen LogP) is 5.22. The maximum atomic E-state index is 13.0. The number of rotatable bonds is 8. The fourth-order valence-corrected chi connectivity index (χ4v) is 3.78. The Morgan fingerprint density at radius 3 is 2.24 bits per heavy atom. The first-order valence-corrected chi connectivity index (χ1v) is 10.6. The SMILES string of the molecule is COc1cccc(COc2ccc3c(c2C)O/C(=C\c2cc(OC)c(OC)c(OC)c2)C3=O)c1. The average molecular weight is 462 g/mol. The van der Waals surface area contributed by atoms with Crippen molar-refractivity contribution in [1.29, 1.82) is 0 Å². The number of allylic oxidation sites excluding steroid dienone is 1. The van der Waals surface area contributed by atoms with Crippen LogP contribution in [-0.4, -0.2) is 34.2 Å². The van der Waals surface area contributed by atoms with Gasteiger partial charge < -0.3 is 28.4 Å². The summed E-state index contributed by atoms with van der Waals surface area (Å²) in [5, 5.41) is 0. The molecule has 0 N–H and O–H groups in total. The van der Waals surface area contributed by atoms with E-state index in [2.05, 4.69) is 0 Å². The molecule has 1 heterocycles. The van der Waals surface area contributed by atoms with Gasteiger partial charge in [-0.3, -0.25) is 4.79 Å². The van der Waals surface area contributed by atoms with Gasteiger partial charge in [0.1, 0.15) is 23.9 Å². The smallest absolute Gasteiger partial charge is 0.231 e. The minimum atomic E-state index is -0.203. The summed E-state index contributed by atoms with van der Waals surface area (Å²) >= 11 is 0. The highest BCUT2D eigenvalue weighted by Crippen LogP contribution is 2.42. The van der Waals surface area contributed by atoms with Crippen LogP contribution < -0.4 is 28.4 Å². The minimum Gasteiger partial charge on any atom is -0.497 e. The summed E-state index contributed by atoms with van der Waals surface area (Å²) in [4.78, 5) is 13.0. The molecule has 0 aliphatic carbocycles. The fourth-order valence-electron chi connectivity index (χ4n) is 3.78. The first-order chi connectivity index (χ1) is 16.5. The summed E-state index contributed by atoms with van der Waals surface area (Å²) in [6.07, 6.45) is 1.66. The molecule has 1 aliphatic rings. The number of carbonyl (C=O) groups is 1. The van der Waals surface area contributed by atoms with Gasteiger partial charge in [-0.2, -0.15) is 0 Å². The van der Waals surface area contributed by atoms with Gasteiger partial charge in [-0.1, -0.05) is 12.1 Å². The van der Waals surface area contributed by atoms with Crippen molar-refractivity contribution in [2.24, 2.45) is 0 Å². The van der Waals surface area contributed by atoms with Crippen LogP contribution in [0.3, 0.4) is 0 Å². The first-order valence-electron chi connectivity index (χ1n) is 10.6. The Morgan fingerprint density at radius 2 is 1.59 bits per heavy atom. The number of fused-ring (bicyclic) bond motifs is 1. The quantitative estimate of drug-likeness (QED) is 0.425. The molecule has 3 aromatic rings. The van der Waals surface area contributed by atoms with E-state index in [1.807, 2.05) is 31.2 Å². The van der Waals surface area contributed by atoms with Crippen LogP contribution in [0.25, 0.3) is 6.08 Å². The Kier molecular flexibility index (Phi) is 6.63. The highest BCUT2D eigenvalue weighted by molar-refractivity contribution is 6.15. The van der Waals surface area contributed by atoms with Gasteiger partial charge >= 0.3 is 0 Å². The number of benzene rings is 3. The number of ether oxygens (including phenoxy) is 6. The van der Waals surface area contributed by atoms with E-state index in [0.717, 1.165) is 16.9 Å². The molecular weight excluding hydrogens is 436 g/mol. The summed E-state index contributed by atoms with van der Waals surface area (Å²) in [6.45, 7) is 2.23. The second kappa shape index (κ2) is 9.79. The van der Waals surface area contributed by atoms with Gasteiger partial charge in [-0.05, 0) is 60.5 Å². The molecule has 0 bridgehead atoms. The van der Waals surface area contributed by atoms with Crippen LogP contribution in [0, 0.1) is 6.92 Å². The molecule has 34 heavy (non-hydrogen) atoms. The molecule has 0 unspecified atom stereocenters. The van der Waals surface area contributed by atoms with E-state index < -0.39 is 0 Å². The zero-order valence-corrected chi connectivity index (χ0v) is 19.8. The van der Waals surface area contributed by atoms with Crippen LogP contribution in [-0.2, 0) is 6.61 Å². The Hall–Kier alpha value is -4.13. The maximum absolute atomic E-state index is 13.0. The van der Waals surface area contributed by atoms with Crippen molar-refractivity contribution in [1.82, 2.24) is 0 Å². The van der Waals surface area contributed by atoms with E-state index in [1.165, 1.54) is 21.3 Å². The number of ketones is 1. The van der Waals surface area contributed by atoms with Gasteiger partial charge in [0.25, 0.3) is 0 Å². The van der Waals surface area contributed by atoms with E-state index in [9.17, 15) is 4.79 Å². The van der Waals surface area contributed by atoms with Crippen LogP contribution in [0.15, 0.2) is 54.3 Å². The van der Waals surface area contributed by atoms with E-state index in [1.54, 1.807) is 37.5 Å². The Labute approximate surface area is 198 Å². The normalized spacial score (nSPS) is 13.3. The van der Waals surface area contributed by atoms with Gasteiger partial charge in [0, 0.05) is 5.56 Å². The van der Waals surface area contributed by atoms with Crippen molar-refractivity contribution >= 4 is 11.9 Å². The summed E-state index contributed by atoms with van der Waals surface area (Å²) in [6, 6.07) is 14.7. The molecule has 7 heteroatoms. The summed E-state index contributed by atoms with van der Waals surface area (Å²) in [5.74, 6) is 3.35. The van der Waals surface area contributed by atoms with Crippen molar-refractivity contribution in [2.75, 3.05) is 28.4 Å². The van der Waals surface area contributed by atoms with Gasteiger partial charge in [-0.15, -0.1) is 0 Å². The average Bonchev–Trinajstić information content (AvgIpc) is 3.18. The largest absolute Gasteiger partial charge is 0.497 e. The molecule has 1 aliphatic heterocycles. The van der Waals surface area contributed by atoms with E-state index in [0.29, 0.717) is 46.5 Å². The van der Waals surface area contributed by atoms with Crippen LogP contribution in [0.1, 0.15) is 27.0 Å². The fraction of sp³-hybridized carbons (Fsp3) is 0.222. The van der Waals surface area contributed by atoms with Crippen molar-refractivity contribution in [3.05, 3.63) is 76.5 Å². The van der Waals surface area contributed by atoms with Gasteiger partial charge in [-0.25, -0.2) is 0 Å². The van der Waals surface area contributed by atoms with Crippen LogP contribution >= 0.6 is 0 Å². The molecule has 4 rings (SSSR count). The third kappa shape index (κ3) is 4.37. The van der Waals surface area contributed by atoms with Crippen molar-refractivity contribution in [2.45, 2.75) is 13.5 Å². The number of Topliss-reactive ketones (excluding diaryl/α,β-unsaturated/α-hetero) is 1. The van der Waals surface area contributed by atoms with Crippen molar-refractivity contribution in [3.8, 4) is 34.5 Å². The third-order valence-electron chi connectivity index (χ3n) is 5.55. The second-order valence-corrected chi connectivity index (χ2v) is 7.60. The minimum absolute atomic E-state index is 0.203. The molecule has 0 spiro atoms. The summed E-state index contributed by atoms with van der Waals surface area (Å²) < 4.78 is 33.4. The lowest BCUT2D eigenvalue weighted by Crippen LogP contribution is -1.99. The van der Waals surface area contributed by atoms with Crippen molar-refractivity contribution < 1.29 is 33.2 Å². The zero-order valence-electron chi connectivity index (χ0n) is 19.8. The molecule has 0 amide bonds. The monoisotopic (exact) mass is 462 g/mol. The molecule has 7 nitrogen and oxygen atoms in total.